The summed E-state index contributed by atoms with van der Waals surface area (Å²) < 4.78 is 20.2. The Morgan fingerprint density at radius 1 is 1.03 bits per heavy atom. The molecule has 10 heteroatoms. The van der Waals surface area contributed by atoms with Crippen LogP contribution in [-0.2, 0) is 11.2 Å². The first-order chi connectivity index (χ1) is 17.2. The molecule has 3 heterocycles. The third-order valence-electron chi connectivity index (χ3n) is 5.69. The molecule has 4 aromatic rings. The molecule has 0 bridgehead atoms. The van der Waals surface area contributed by atoms with Crippen LogP contribution in [0.2, 0.25) is 0 Å². The first-order valence-corrected chi connectivity index (χ1v) is 11.4. The van der Waals surface area contributed by atoms with Crippen molar-refractivity contribution in [2.75, 3.05) is 38.2 Å². The fourth-order valence-corrected chi connectivity index (χ4v) is 3.88. The van der Waals surface area contributed by atoms with Gasteiger partial charge < -0.3 is 15.0 Å². The van der Waals surface area contributed by atoms with Crippen molar-refractivity contribution in [1.82, 2.24) is 29.9 Å². The van der Waals surface area contributed by atoms with Crippen LogP contribution in [0.15, 0.2) is 66.9 Å². The third-order valence-corrected chi connectivity index (χ3v) is 5.69. The van der Waals surface area contributed by atoms with Gasteiger partial charge in [-0.15, -0.1) is 5.10 Å². The van der Waals surface area contributed by atoms with E-state index in [1.165, 1.54) is 22.4 Å². The lowest BCUT2D eigenvalue weighted by molar-refractivity contribution is 0.0528. The monoisotopic (exact) mass is 473 g/mol. The van der Waals surface area contributed by atoms with Gasteiger partial charge in [-0.05, 0) is 42.3 Å². The molecule has 1 N–H and O–H groups in total. The number of morpholine rings is 1. The Bertz CT molecular complexity index is 1290. The number of aromatic nitrogens is 5. The van der Waals surface area contributed by atoms with E-state index in [2.05, 4.69) is 37.7 Å². The Kier molecular flexibility index (Phi) is 6.71. The molecule has 1 aliphatic rings. The summed E-state index contributed by atoms with van der Waals surface area (Å²) >= 11 is 0. The quantitative estimate of drug-likeness (QED) is 0.458. The molecular formula is C25H24FN7O2. The zero-order chi connectivity index (χ0) is 24.0. The zero-order valence-electron chi connectivity index (χ0n) is 19.0. The minimum Gasteiger partial charge on any atom is -0.378 e. The normalized spacial score (nSPS) is 13.6. The van der Waals surface area contributed by atoms with E-state index in [0.29, 0.717) is 61.4 Å². The van der Waals surface area contributed by atoms with Crippen LogP contribution in [-0.4, -0.2) is 68.7 Å². The molecule has 0 atom stereocenters. The summed E-state index contributed by atoms with van der Waals surface area (Å²) in [5.41, 5.74) is 3.16. The molecule has 0 spiro atoms. The molecule has 5 rings (SSSR count). The number of halogens is 1. The summed E-state index contributed by atoms with van der Waals surface area (Å²) in [5.74, 6) is 0.0640. The van der Waals surface area contributed by atoms with Crippen LogP contribution in [0.5, 0.6) is 0 Å². The molecule has 1 aliphatic heterocycles. The van der Waals surface area contributed by atoms with Crippen LogP contribution in [0.25, 0.3) is 22.6 Å². The van der Waals surface area contributed by atoms with Crippen LogP contribution >= 0.6 is 0 Å². The topological polar surface area (TPSA) is 98.1 Å². The molecule has 1 fully saturated rings. The van der Waals surface area contributed by atoms with Gasteiger partial charge in [0.1, 0.15) is 17.2 Å². The van der Waals surface area contributed by atoms with E-state index in [0.717, 1.165) is 6.42 Å². The lowest BCUT2D eigenvalue weighted by Gasteiger charge is -2.26. The molecule has 2 aromatic carbocycles. The first-order valence-electron chi connectivity index (χ1n) is 11.4. The third kappa shape index (κ3) is 5.17. The Morgan fingerprint density at radius 2 is 1.80 bits per heavy atom. The number of carbonyl (C=O) groups excluding carboxylic acids is 1. The maximum absolute atomic E-state index is 13.6. The van der Waals surface area contributed by atoms with E-state index in [1.807, 2.05) is 18.2 Å². The number of amides is 1. The van der Waals surface area contributed by atoms with Gasteiger partial charge in [0.25, 0.3) is 0 Å². The van der Waals surface area contributed by atoms with Gasteiger partial charge in [-0.3, -0.25) is 0 Å². The molecular weight excluding hydrogens is 449 g/mol. The highest BCUT2D eigenvalue weighted by Crippen LogP contribution is 2.30. The van der Waals surface area contributed by atoms with Gasteiger partial charge in [0.15, 0.2) is 0 Å². The van der Waals surface area contributed by atoms with Crippen molar-refractivity contribution in [3.05, 3.63) is 78.2 Å². The molecule has 35 heavy (non-hydrogen) atoms. The average Bonchev–Trinajstić information content (AvgIpc) is 3.35. The Labute approximate surface area is 201 Å². The van der Waals surface area contributed by atoms with Crippen LogP contribution in [0.4, 0.5) is 15.1 Å². The minimum absolute atomic E-state index is 0.318. The van der Waals surface area contributed by atoms with Crippen LogP contribution in [0.1, 0.15) is 5.56 Å². The maximum atomic E-state index is 13.6. The molecule has 9 nitrogen and oxygen atoms in total. The average molecular weight is 474 g/mol. The van der Waals surface area contributed by atoms with E-state index < -0.39 is 0 Å². The Hall–Kier alpha value is -4.18. The smallest absolute Gasteiger partial charge is 0.346 e. The summed E-state index contributed by atoms with van der Waals surface area (Å²) in [7, 11) is 0. The van der Waals surface area contributed by atoms with Crippen LogP contribution in [0.3, 0.4) is 0 Å². The lowest BCUT2D eigenvalue weighted by Crippen LogP contribution is -2.43. The number of hydrogen-bond donors (Lipinski definition) is 1. The molecule has 0 aliphatic carbocycles. The summed E-state index contributed by atoms with van der Waals surface area (Å²) in [4.78, 5) is 24.0. The van der Waals surface area contributed by atoms with Gasteiger partial charge in [0, 0.05) is 31.4 Å². The summed E-state index contributed by atoms with van der Waals surface area (Å²) in [6.45, 7) is 2.48. The largest absolute Gasteiger partial charge is 0.378 e. The maximum Gasteiger partial charge on any atom is 0.346 e. The number of nitrogens with zero attached hydrogens (tertiary/aromatic N) is 6. The van der Waals surface area contributed by atoms with Crippen molar-refractivity contribution < 1.29 is 13.9 Å². The number of carbonyl (C=O) groups is 1. The van der Waals surface area contributed by atoms with Crippen LogP contribution < -0.4 is 5.32 Å². The molecule has 2 aromatic heterocycles. The standard InChI is InChI=1S/C25H24FN7O2/c26-20-8-6-19(7-9-20)22-23(33(31-30-22)25(34)32-14-16-35-17-15-32)21-11-13-28-24(29-21)27-12-10-18-4-2-1-3-5-18/h1-9,11,13H,10,12,14-17H2,(H,27,28,29). The van der Waals surface area contributed by atoms with E-state index in [1.54, 1.807) is 29.3 Å². The van der Waals surface area contributed by atoms with Crippen molar-refractivity contribution in [1.29, 1.82) is 0 Å². The summed E-state index contributed by atoms with van der Waals surface area (Å²) in [6, 6.07) is 17.4. The van der Waals surface area contributed by atoms with Gasteiger partial charge in [-0.1, -0.05) is 35.5 Å². The fourth-order valence-electron chi connectivity index (χ4n) is 3.88. The second kappa shape index (κ2) is 10.4. The number of ether oxygens (including phenoxy) is 1. The van der Waals surface area contributed by atoms with Gasteiger partial charge >= 0.3 is 6.03 Å². The summed E-state index contributed by atoms with van der Waals surface area (Å²) in [6.07, 6.45) is 2.43. The van der Waals surface area contributed by atoms with Crippen molar-refractivity contribution >= 4 is 12.0 Å². The van der Waals surface area contributed by atoms with Crippen molar-refractivity contribution in [2.24, 2.45) is 0 Å². The highest BCUT2D eigenvalue weighted by atomic mass is 19.1. The number of benzene rings is 2. The van der Waals surface area contributed by atoms with E-state index in [9.17, 15) is 9.18 Å². The molecule has 1 amide bonds. The van der Waals surface area contributed by atoms with Gasteiger partial charge in [-0.25, -0.2) is 19.2 Å². The minimum atomic E-state index is -0.362. The van der Waals surface area contributed by atoms with E-state index in [4.69, 9.17) is 4.74 Å². The predicted octanol–water partition coefficient (Wildman–Crippen LogP) is 3.50. The van der Waals surface area contributed by atoms with Crippen LogP contribution in [0, 0.1) is 5.82 Å². The van der Waals surface area contributed by atoms with Crippen molar-refractivity contribution in [3.63, 3.8) is 0 Å². The summed E-state index contributed by atoms with van der Waals surface area (Å²) in [5, 5.41) is 11.7. The molecule has 0 unspecified atom stereocenters. The number of nitrogens with one attached hydrogen (secondary N) is 1. The van der Waals surface area contributed by atoms with E-state index >= 15 is 0 Å². The second-order valence-corrected chi connectivity index (χ2v) is 8.02. The lowest BCUT2D eigenvalue weighted by atomic mass is 10.1. The van der Waals surface area contributed by atoms with Gasteiger partial charge in [0.2, 0.25) is 5.95 Å². The Morgan fingerprint density at radius 3 is 2.57 bits per heavy atom. The highest BCUT2D eigenvalue weighted by Gasteiger charge is 2.27. The Balaban J connectivity index is 1.47. The predicted molar refractivity (Wildman–Crippen MR) is 128 cm³/mol. The molecule has 0 radical (unpaired) electrons. The van der Waals surface area contributed by atoms with E-state index in [-0.39, 0.29) is 11.8 Å². The highest BCUT2D eigenvalue weighted by molar-refractivity contribution is 5.86. The number of rotatable bonds is 6. The molecule has 1 saturated heterocycles. The van der Waals surface area contributed by atoms with Crippen molar-refractivity contribution in [3.8, 4) is 22.6 Å². The number of anilines is 1. The SMILES string of the molecule is O=C(N1CCOCC1)n1nnc(-c2ccc(F)cc2)c1-c1ccnc(NCCc2ccccc2)n1. The molecule has 0 saturated carbocycles. The first kappa shape index (κ1) is 22.6. The fraction of sp³-hybridized carbons (Fsp3) is 0.240. The zero-order valence-corrected chi connectivity index (χ0v) is 19.0. The second-order valence-electron chi connectivity index (χ2n) is 8.02. The van der Waals surface area contributed by atoms with Crippen molar-refractivity contribution in [2.45, 2.75) is 6.42 Å². The number of hydrogen-bond acceptors (Lipinski definition) is 7. The molecule has 178 valence electrons. The van der Waals surface area contributed by atoms with Gasteiger partial charge in [0.05, 0.1) is 18.9 Å². The van der Waals surface area contributed by atoms with Gasteiger partial charge in [-0.2, -0.15) is 4.68 Å².